The Labute approximate surface area is 165 Å². The Hall–Kier alpha value is -1.75. The topological polar surface area (TPSA) is 41.6 Å². The van der Waals surface area contributed by atoms with Gasteiger partial charge < -0.3 is 10.1 Å². The Kier molecular flexibility index (Phi) is 7.76. The zero-order chi connectivity index (χ0) is 19.1. The summed E-state index contributed by atoms with van der Waals surface area (Å²) in [5.41, 5.74) is 1.97. The van der Waals surface area contributed by atoms with Gasteiger partial charge in [0, 0.05) is 6.54 Å². The second-order valence-corrected chi connectivity index (χ2v) is 7.10. The van der Waals surface area contributed by atoms with Crippen LogP contribution in [0, 0.1) is 0 Å². The van der Waals surface area contributed by atoms with Gasteiger partial charge in [0.05, 0.1) is 16.1 Å². The molecule has 0 aliphatic carbocycles. The van der Waals surface area contributed by atoms with Gasteiger partial charge in [-0.2, -0.15) is 0 Å². The standard InChI is InChI=1S/C20H24Cl2N2O2/c1-4-19(24(2)3)20(25)23-12-14-5-8-16(9-6-14)26-13-15-7-10-17(21)18(22)11-15/h5-11,19H,4,12-13H2,1-3H3,(H,23,25). The van der Waals surface area contributed by atoms with Crippen molar-refractivity contribution in [3.05, 3.63) is 63.6 Å². The van der Waals surface area contributed by atoms with Gasteiger partial charge in [-0.05, 0) is 55.9 Å². The monoisotopic (exact) mass is 394 g/mol. The first kappa shape index (κ1) is 20.6. The highest BCUT2D eigenvalue weighted by Gasteiger charge is 2.17. The lowest BCUT2D eigenvalue weighted by Gasteiger charge is -2.21. The summed E-state index contributed by atoms with van der Waals surface area (Å²) >= 11 is 11.9. The maximum Gasteiger partial charge on any atom is 0.237 e. The molecule has 140 valence electrons. The van der Waals surface area contributed by atoms with E-state index in [1.165, 1.54) is 0 Å². The van der Waals surface area contributed by atoms with Crippen molar-refractivity contribution in [2.75, 3.05) is 14.1 Å². The third-order valence-electron chi connectivity index (χ3n) is 4.09. The first-order valence-corrected chi connectivity index (χ1v) is 9.26. The minimum atomic E-state index is -0.108. The Morgan fingerprint density at radius 2 is 1.73 bits per heavy atom. The van der Waals surface area contributed by atoms with Crippen molar-refractivity contribution in [2.24, 2.45) is 0 Å². The molecule has 26 heavy (non-hydrogen) atoms. The summed E-state index contributed by atoms with van der Waals surface area (Å²) in [5.74, 6) is 0.795. The van der Waals surface area contributed by atoms with Gasteiger partial charge in [0.25, 0.3) is 0 Å². The van der Waals surface area contributed by atoms with Crippen LogP contribution in [0.15, 0.2) is 42.5 Å². The molecule has 2 aromatic rings. The molecule has 1 amide bonds. The van der Waals surface area contributed by atoms with Crippen LogP contribution in [0.2, 0.25) is 10.0 Å². The Morgan fingerprint density at radius 1 is 1.08 bits per heavy atom. The third-order valence-corrected chi connectivity index (χ3v) is 4.83. The van der Waals surface area contributed by atoms with Gasteiger partial charge in [0.15, 0.2) is 0 Å². The maximum absolute atomic E-state index is 12.2. The van der Waals surface area contributed by atoms with Gasteiger partial charge in [-0.25, -0.2) is 0 Å². The molecule has 0 heterocycles. The first-order valence-electron chi connectivity index (χ1n) is 8.50. The fourth-order valence-corrected chi connectivity index (χ4v) is 2.91. The molecule has 1 unspecified atom stereocenters. The van der Waals surface area contributed by atoms with Crippen LogP contribution in [-0.4, -0.2) is 30.9 Å². The van der Waals surface area contributed by atoms with Crippen LogP contribution in [0.3, 0.4) is 0 Å². The van der Waals surface area contributed by atoms with E-state index in [0.717, 1.165) is 23.3 Å². The molecule has 6 heteroatoms. The van der Waals surface area contributed by atoms with Crippen LogP contribution in [0.1, 0.15) is 24.5 Å². The second kappa shape index (κ2) is 9.81. The third kappa shape index (κ3) is 5.90. The molecule has 0 aliphatic heterocycles. The molecule has 2 rings (SSSR count). The molecule has 0 bridgehead atoms. The van der Waals surface area contributed by atoms with Crippen molar-refractivity contribution in [1.29, 1.82) is 0 Å². The SMILES string of the molecule is CCC(C(=O)NCc1ccc(OCc2ccc(Cl)c(Cl)c2)cc1)N(C)C. The van der Waals surface area contributed by atoms with E-state index in [1.54, 1.807) is 12.1 Å². The molecule has 0 aromatic heterocycles. The molecule has 0 aliphatic rings. The summed E-state index contributed by atoms with van der Waals surface area (Å²) < 4.78 is 5.76. The van der Waals surface area contributed by atoms with Gasteiger partial charge in [-0.3, -0.25) is 9.69 Å². The number of benzene rings is 2. The predicted octanol–water partition coefficient (Wildman–Crippen LogP) is 4.53. The number of ether oxygens (including phenoxy) is 1. The molecule has 0 saturated heterocycles. The number of hydrogen-bond acceptors (Lipinski definition) is 3. The predicted molar refractivity (Wildman–Crippen MR) is 107 cm³/mol. The average molecular weight is 395 g/mol. The van der Waals surface area contributed by atoms with Gasteiger partial charge in [0.1, 0.15) is 12.4 Å². The van der Waals surface area contributed by atoms with Gasteiger partial charge >= 0.3 is 0 Å². The Bertz CT molecular complexity index is 733. The van der Waals surface area contributed by atoms with E-state index in [9.17, 15) is 4.79 Å². The average Bonchev–Trinajstić information content (AvgIpc) is 2.62. The van der Waals surface area contributed by atoms with Crippen LogP contribution in [0.25, 0.3) is 0 Å². The quantitative estimate of drug-likeness (QED) is 0.714. The lowest BCUT2D eigenvalue weighted by molar-refractivity contribution is -0.125. The van der Waals surface area contributed by atoms with E-state index < -0.39 is 0 Å². The minimum Gasteiger partial charge on any atom is -0.489 e. The number of hydrogen-bond donors (Lipinski definition) is 1. The summed E-state index contributed by atoms with van der Waals surface area (Å²) in [7, 11) is 3.82. The molecule has 0 fully saturated rings. The Balaban J connectivity index is 1.85. The molecule has 0 spiro atoms. The summed E-state index contributed by atoms with van der Waals surface area (Å²) in [6.45, 7) is 2.91. The number of carbonyl (C=O) groups excluding carboxylic acids is 1. The largest absolute Gasteiger partial charge is 0.489 e. The van der Waals surface area contributed by atoms with Crippen LogP contribution in [-0.2, 0) is 17.9 Å². The second-order valence-electron chi connectivity index (χ2n) is 6.29. The number of halogens is 2. The van der Waals surface area contributed by atoms with E-state index >= 15 is 0 Å². The molecule has 1 atom stereocenters. The molecule has 2 aromatic carbocycles. The van der Waals surface area contributed by atoms with E-state index in [1.807, 2.05) is 56.3 Å². The van der Waals surface area contributed by atoms with Crippen molar-refractivity contribution in [2.45, 2.75) is 32.5 Å². The smallest absolute Gasteiger partial charge is 0.237 e. The van der Waals surface area contributed by atoms with E-state index in [2.05, 4.69) is 5.32 Å². The van der Waals surface area contributed by atoms with Gasteiger partial charge in [-0.1, -0.05) is 48.3 Å². The normalized spacial score (nSPS) is 12.1. The van der Waals surface area contributed by atoms with Crippen molar-refractivity contribution in [1.82, 2.24) is 10.2 Å². The number of nitrogens with one attached hydrogen (secondary N) is 1. The van der Waals surface area contributed by atoms with Crippen LogP contribution in [0.5, 0.6) is 5.75 Å². The van der Waals surface area contributed by atoms with Crippen molar-refractivity contribution >= 4 is 29.1 Å². The molecule has 4 nitrogen and oxygen atoms in total. The lowest BCUT2D eigenvalue weighted by Crippen LogP contribution is -2.42. The number of likely N-dealkylation sites (N-methyl/N-ethyl adjacent to an activating group) is 1. The molecule has 0 radical (unpaired) electrons. The van der Waals surface area contributed by atoms with Crippen LogP contribution in [0.4, 0.5) is 0 Å². The Morgan fingerprint density at radius 3 is 2.31 bits per heavy atom. The zero-order valence-corrected chi connectivity index (χ0v) is 16.8. The molecule has 1 N–H and O–H groups in total. The number of rotatable bonds is 8. The lowest BCUT2D eigenvalue weighted by atomic mass is 10.1. The van der Waals surface area contributed by atoms with Crippen molar-refractivity contribution in [3.8, 4) is 5.75 Å². The van der Waals surface area contributed by atoms with Gasteiger partial charge in [0.2, 0.25) is 5.91 Å². The summed E-state index contributed by atoms with van der Waals surface area (Å²) in [6, 6.07) is 13.0. The fraction of sp³-hybridized carbons (Fsp3) is 0.350. The zero-order valence-electron chi connectivity index (χ0n) is 15.3. The van der Waals surface area contributed by atoms with E-state index in [-0.39, 0.29) is 11.9 Å². The first-order chi connectivity index (χ1) is 12.4. The molecule has 0 saturated carbocycles. The summed E-state index contributed by atoms with van der Waals surface area (Å²) in [6.07, 6.45) is 0.778. The molecular weight excluding hydrogens is 371 g/mol. The summed E-state index contributed by atoms with van der Waals surface area (Å²) in [5, 5.41) is 4.02. The van der Waals surface area contributed by atoms with Gasteiger partial charge in [-0.15, -0.1) is 0 Å². The van der Waals surface area contributed by atoms with Crippen LogP contribution < -0.4 is 10.1 Å². The number of nitrogens with zero attached hydrogens (tertiary/aromatic N) is 1. The highest BCUT2D eigenvalue weighted by Crippen LogP contribution is 2.23. The van der Waals surface area contributed by atoms with E-state index in [0.29, 0.717) is 23.2 Å². The van der Waals surface area contributed by atoms with Crippen molar-refractivity contribution in [3.63, 3.8) is 0 Å². The molecular formula is C20H24Cl2N2O2. The van der Waals surface area contributed by atoms with Crippen molar-refractivity contribution < 1.29 is 9.53 Å². The fourth-order valence-electron chi connectivity index (χ4n) is 2.59. The number of amides is 1. The number of carbonyl (C=O) groups is 1. The summed E-state index contributed by atoms with van der Waals surface area (Å²) in [4.78, 5) is 14.1. The van der Waals surface area contributed by atoms with Crippen LogP contribution >= 0.6 is 23.2 Å². The maximum atomic E-state index is 12.2. The van der Waals surface area contributed by atoms with E-state index in [4.69, 9.17) is 27.9 Å². The highest BCUT2D eigenvalue weighted by atomic mass is 35.5. The highest BCUT2D eigenvalue weighted by molar-refractivity contribution is 6.42. The minimum absolute atomic E-state index is 0.0393.